The zero-order valence-corrected chi connectivity index (χ0v) is 14.5. The van der Waals surface area contributed by atoms with E-state index in [0.29, 0.717) is 11.1 Å². The lowest BCUT2D eigenvalue weighted by molar-refractivity contribution is -0.139. The first-order valence-corrected chi connectivity index (χ1v) is 8.77. The van der Waals surface area contributed by atoms with Crippen molar-refractivity contribution in [3.05, 3.63) is 52.9 Å². The number of rotatable bonds is 5. The van der Waals surface area contributed by atoms with Crippen molar-refractivity contribution < 1.29 is 18.7 Å². The van der Waals surface area contributed by atoms with Gasteiger partial charge < -0.3 is 14.5 Å². The van der Waals surface area contributed by atoms with Gasteiger partial charge in [0.2, 0.25) is 0 Å². The summed E-state index contributed by atoms with van der Waals surface area (Å²) in [5.41, 5.74) is -0.551. The van der Waals surface area contributed by atoms with Crippen LogP contribution in [0.5, 0.6) is 5.75 Å². The molecule has 1 heterocycles. The molecule has 0 unspecified atom stereocenters. The van der Waals surface area contributed by atoms with Crippen LogP contribution in [0.3, 0.4) is 0 Å². The molecule has 3 rings (SSSR count). The minimum atomic E-state index is -0.741. The highest BCUT2D eigenvalue weighted by molar-refractivity contribution is 5.96. The van der Waals surface area contributed by atoms with E-state index in [2.05, 4.69) is 11.9 Å². The lowest BCUT2D eigenvalue weighted by Crippen LogP contribution is -2.28. The largest absolute Gasteiger partial charge is 0.426 e. The van der Waals surface area contributed by atoms with Gasteiger partial charge in [0, 0.05) is 18.0 Å². The van der Waals surface area contributed by atoms with Gasteiger partial charge in [-0.1, -0.05) is 25.3 Å². The van der Waals surface area contributed by atoms with Crippen molar-refractivity contribution >= 4 is 22.8 Å². The Bertz CT molecular complexity index is 893. The summed E-state index contributed by atoms with van der Waals surface area (Å²) < 4.78 is 10.7. The Morgan fingerprint density at radius 3 is 2.73 bits per heavy atom. The molecule has 0 aliphatic heterocycles. The molecular weight excluding hydrogens is 334 g/mol. The topological polar surface area (TPSA) is 85.6 Å². The number of carbonyl (C=O) groups excluding carboxylic acids is 2. The molecule has 1 N–H and O–H groups in total. The van der Waals surface area contributed by atoms with Gasteiger partial charge in [0.1, 0.15) is 16.9 Å². The Labute approximate surface area is 150 Å². The van der Waals surface area contributed by atoms with Gasteiger partial charge in [-0.2, -0.15) is 0 Å². The summed E-state index contributed by atoms with van der Waals surface area (Å²) in [7, 11) is 0. The molecule has 1 fully saturated rings. The van der Waals surface area contributed by atoms with E-state index >= 15 is 0 Å². The number of amides is 1. The Morgan fingerprint density at radius 1 is 1.23 bits per heavy atom. The van der Waals surface area contributed by atoms with Crippen LogP contribution >= 0.6 is 0 Å². The van der Waals surface area contributed by atoms with Gasteiger partial charge in [-0.25, -0.2) is 4.79 Å². The number of benzene rings is 1. The Hall–Kier alpha value is -2.89. The molecule has 0 spiro atoms. The van der Waals surface area contributed by atoms with Crippen molar-refractivity contribution in [1.29, 1.82) is 0 Å². The summed E-state index contributed by atoms with van der Waals surface area (Å²) in [6.07, 6.45) is 6.47. The highest BCUT2D eigenvalue weighted by Crippen LogP contribution is 2.27. The van der Waals surface area contributed by atoms with Crippen LogP contribution in [0.1, 0.15) is 42.5 Å². The first-order chi connectivity index (χ1) is 12.6. The molecule has 0 radical (unpaired) electrons. The molecule has 2 aromatic rings. The number of hydrogen-bond acceptors (Lipinski definition) is 5. The molecule has 1 aliphatic carbocycles. The van der Waals surface area contributed by atoms with Gasteiger partial charge in [0.15, 0.2) is 0 Å². The van der Waals surface area contributed by atoms with Gasteiger partial charge in [0.05, 0.1) is 5.92 Å². The molecular formula is C20H21NO5. The third kappa shape index (κ3) is 4.02. The summed E-state index contributed by atoms with van der Waals surface area (Å²) in [5.74, 6) is -0.498. The molecule has 136 valence electrons. The molecule has 6 heteroatoms. The smallest absolute Gasteiger partial charge is 0.349 e. The third-order valence-electron chi connectivity index (χ3n) is 4.52. The fourth-order valence-corrected chi connectivity index (χ4v) is 3.11. The molecule has 1 aromatic heterocycles. The molecule has 1 amide bonds. The predicted octanol–water partition coefficient (Wildman–Crippen LogP) is 3.19. The monoisotopic (exact) mass is 355 g/mol. The minimum absolute atomic E-state index is 0.0672. The van der Waals surface area contributed by atoms with Crippen molar-refractivity contribution in [3.8, 4) is 5.75 Å². The summed E-state index contributed by atoms with van der Waals surface area (Å²) in [5, 5.41) is 3.12. The van der Waals surface area contributed by atoms with Crippen molar-refractivity contribution in [2.24, 2.45) is 5.92 Å². The average molecular weight is 355 g/mol. The summed E-state index contributed by atoms with van der Waals surface area (Å²) in [4.78, 5) is 36.3. The van der Waals surface area contributed by atoms with Crippen LogP contribution in [-0.2, 0) is 4.79 Å². The Morgan fingerprint density at radius 2 is 2.00 bits per heavy atom. The second kappa shape index (κ2) is 7.99. The average Bonchev–Trinajstić information content (AvgIpc) is 2.66. The molecule has 0 saturated heterocycles. The van der Waals surface area contributed by atoms with E-state index in [9.17, 15) is 14.4 Å². The van der Waals surface area contributed by atoms with Gasteiger partial charge in [-0.15, -0.1) is 6.58 Å². The van der Waals surface area contributed by atoms with Crippen LogP contribution in [0.2, 0.25) is 0 Å². The number of fused-ring (bicyclic) bond motifs is 1. The highest BCUT2D eigenvalue weighted by Gasteiger charge is 2.23. The highest BCUT2D eigenvalue weighted by atomic mass is 16.5. The molecule has 1 saturated carbocycles. The van der Waals surface area contributed by atoms with Gasteiger partial charge in [-0.05, 0) is 31.0 Å². The van der Waals surface area contributed by atoms with E-state index < -0.39 is 11.5 Å². The quantitative estimate of drug-likeness (QED) is 0.385. The van der Waals surface area contributed by atoms with Crippen LogP contribution in [-0.4, -0.2) is 18.4 Å². The molecule has 1 aromatic carbocycles. The van der Waals surface area contributed by atoms with E-state index in [4.69, 9.17) is 9.15 Å². The number of esters is 1. The molecule has 6 nitrogen and oxygen atoms in total. The minimum Gasteiger partial charge on any atom is -0.426 e. The van der Waals surface area contributed by atoms with Crippen molar-refractivity contribution in [2.45, 2.75) is 32.1 Å². The van der Waals surface area contributed by atoms with E-state index in [1.54, 1.807) is 12.1 Å². The standard InChI is InChI=1S/C20H21NO5/c1-2-10-21-18(22)16-11-14-8-9-15(12-17(14)26-20(16)24)25-19(23)13-6-4-3-5-7-13/h2,8-9,11-13H,1,3-7,10H2,(H,21,22). The summed E-state index contributed by atoms with van der Waals surface area (Å²) in [6.45, 7) is 3.76. The summed E-state index contributed by atoms with van der Waals surface area (Å²) >= 11 is 0. The maximum Gasteiger partial charge on any atom is 0.349 e. The normalized spacial score (nSPS) is 14.8. The van der Waals surface area contributed by atoms with E-state index in [-0.39, 0.29) is 29.6 Å². The predicted molar refractivity (Wildman–Crippen MR) is 97.2 cm³/mol. The first kappa shape index (κ1) is 17.9. The van der Waals surface area contributed by atoms with Crippen LogP contribution in [0.25, 0.3) is 11.0 Å². The maximum absolute atomic E-state index is 12.2. The zero-order valence-electron chi connectivity index (χ0n) is 14.5. The number of carbonyl (C=O) groups is 2. The zero-order chi connectivity index (χ0) is 18.5. The SMILES string of the molecule is C=CCNC(=O)c1cc2ccc(OC(=O)C3CCCCC3)cc2oc1=O. The van der Waals surface area contributed by atoms with Crippen molar-refractivity contribution in [1.82, 2.24) is 5.32 Å². The lowest BCUT2D eigenvalue weighted by Gasteiger charge is -2.19. The van der Waals surface area contributed by atoms with Gasteiger partial charge >= 0.3 is 11.6 Å². The summed E-state index contributed by atoms with van der Waals surface area (Å²) in [6, 6.07) is 6.26. The third-order valence-corrected chi connectivity index (χ3v) is 4.52. The van der Waals surface area contributed by atoms with Crippen LogP contribution < -0.4 is 15.7 Å². The number of ether oxygens (including phenoxy) is 1. The van der Waals surface area contributed by atoms with Gasteiger partial charge in [0.25, 0.3) is 5.91 Å². The fourth-order valence-electron chi connectivity index (χ4n) is 3.11. The Balaban J connectivity index is 1.80. The second-order valence-electron chi connectivity index (χ2n) is 6.40. The molecule has 26 heavy (non-hydrogen) atoms. The van der Waals surface area contributed by atoms with Gasteiger partial charge in [-0.3, -0.25) is 9.59 Å². The maximum atomic E-state index is 12.2. The first-order valence-electron chi connectivity index (χ1n) is 8.77. The van der Waals surface area contributed by atoms with E-state index in [1.807, 2.05) is 0 Å². The second-order valence-corrected chi connectivity index (χ2v) is 6.40. The molecule has 0 bridgehead atoms. The van der Waals surface area contributed by atoms with Crippen LogP contribution in [0.15, 0.2) is 46.1 Å². The number of hydrogen-bond donors (Lipinski definition) is 1. The lowest BCUT2D eigenvalue weighted by atomic mass is 9.89. The molecule has 0 atom stereocenters. The van der Waals surface area contributed by atoms with Crippen LogP contribution in [0.4, 0.5) is 0 Å². The van der Waals surface area contributed by atoms with E-state index in [1.165, 1.54) is 18.2 Å². The van der Waals surface area contributed by atoms with E-state index in [0.717, 1.165) is 32.1 Å². The van der Waals surface area contributed by atoms with Crippen LogP contribution in [0, 0.1) is 5.92 Å². The number of nitrogens with one attached hydrogen (secondary N) is 1. The molecule has 1 aliphatic rings. The Kier molecular flexibility index (Phi) is 5.51. The van der Waals surface area contributed by atoms with Crippen molar-refractivity contribution in [2.75, 3.05) is 6.54 Å². The van der Waals surface area contributed by atoms with Crippen molar-refractivity contribution in [3.63, 3.8) is 0 Å². The fraction of sp³-hybridized carbons (Fsp3) is 0.350.